The number of fused-ring (bicyclic) bond motifs is 1. The summed E-state index contributed by atoms with van der Waals surface area (Å²) < 4.78 is 11.3. The summed E-state index contributed by atoms with van der Waals surface area (Å²) in [6.07, 6.45) is 14.4. The van der Waals surface area contributed by atoms with Crippen LogP contribution in [0.1, 0.15) is 79.1 Å². The molecule has 1 aliphatic carbocycles. The van der Waals surface area contributed by atoms with Gasteiger partial charge in [-0.15, -0.1) is 0 Å². The fraction of sp³-hybridized carbons (Fsp3) is 0.762. The Hall–Kier alpha value is -1.09. The predicted octanol–water partition coefficient (Wildman–Crippen LogP) is 5.35. The lowest BCUT2D eigenvalue weighted by Crippen LogP contribution is -2.27. The zero-order valence-corrected chi connectivity index (χ0v) is 15.9. The zero-order valence-electron chi connectivity index (χ0n) is 15.9. The molecule has 136 valence electrons. The topological polar surface area (TPSA) is 38.8 Å². The van der Waals surface area contributed by atoms with E-state index in [9.17, 15) is 4.79 Å². The van der Waals surface area contributed by atoms with Crippen molar-refractivity contribution < 1.29 is 14.3 Å². The van der Waals surface area contributed by atoms with Gasteiger partial charge in [-0.1, -0.05) is 30.2 Å². The summed E-state index contributed by atoms with van der Waals surface area (Å²) in [5.41, 5.74) is 3.09. The molecule has 0 saturated carbocycles. The first-order valence-electron chi connectivity index (χ1n) is 9.51. The Morgan fingerprint density at radius 1 is 1.25 bits per heavy atom. The number of esters is 1. The molecule has 0 radical (unpaired) electrons. The average molecular weight is 335 g/mol. The van der Waals surface area contributed by atoms with Crippen molar-refractivity contribution in [3.63, 3.8) is 0 Å². The minimum atomic E-state index is -0.189. The van der Waals surface area contributed by atoms with Crippen molar-refractivity contribution >= 4 is 5.97 Å². The minimum absolute atomic E-state index is 0.103. The van der Waals surface area contributed by atoms with Crippen LogP contribution in [0.2, 0.25) is 0 Å². The normalized spacial score (nSPS) is 36.3. The number of hydrogen-bond donors (Lipinski definition) is 0. The van der Waals surface area contributed by atoms with Gasteiger partial charge >= 0.3 is 5.97 Å². The second-order valence-electron chi connectivity index (χ2n) is 7.91. The molecule has 1 aliphatic heterocycles. The molecule has 0 unspecified atom stereocenters. The number of epoxide rings is 1. The second kappa shape index (κ2) is 8.84. The van der Waals surface area contributed by atoms with Crippen LogP contribution in [-0.2, 0) is 14.3 Å². The summed E-state index contributed by atoms with van der Waals surface area (Å²) in [5, 5.41) is 0. The molecule has 0 aromatic rings. The summed E-state index contributed by atoms with van der Waals surface area (Å²) in [6.45, 7) is 8.78. The number of allylic oxidation sites excluding steroid dienone is 4. The largest absolute Gasteiger partial charge is 0.466 e. The molecule has 2 rings (SSSR count). The number of carbonyl (C=O) groups is 1. The van der Waals surface area contributed by atoms with Crippen LogP contribution in [-0.4, -0.2) is 24.8 Å². The Balaban J connectivity index is 2.00. The Labute approximate surface area is 147 Å². The molecule has 0 N–H and O–H groups in total. The van der Waals surface area contributed by atoms with Crippen molar-refractivity contribution in [2.45, 2.75) is 91.3 Å². The highest BCUT2D eigenvalue weighted by atomic mass is 16.6. The highest BCUT2D eigenvalue weighted by Crippen LogP contribution is 2.46. The van der Waals surface area contributed by atoms with E-state index in [1.807, 2.05) is 0 Å². The predicted molar refractivity (Wildman–Crippen MR) is 97.9 cm³/mol. The van der Waals surface area contributed by atoms with Crippen LogP contribution in [0.15, 0.2) is 23.3 Å². The molecule has 0 bridgehead atoms. The maximum absolute atomic E-state index is 11.1. The van der Waals surface area contributed by atoms with Crippen LogP contribution in [0, 0.1) is 5.41 Å². The molecule has 1 saturated heterocycles. The maximum atomic E-state index is 11.1. The molecule has 24 heavy (non-hydrogen) atoms. The summed E-state index contributed by atoms with van der Waals surface area (Å²) in [7, 11) is 0. The first kappa shape index (κ1) is 19.2. The van der Waals surface area contributed by atoms with Crippen LogP contribution < -0.4 is 0 Å². The van der Waals surface area contributed by atoms with Crippen molar-refractivity contribution in [1.29, 1.82) is 0 Å². The number of hydrogen-bond acceptors (Lipinski definition) is 3. The van der Waals surface area contributed by atoms with E-state index in [4.69, 9.17) is 9.47 Å². The van der Waals surface area contributed by atoms with Crippen LogP contribution in [0.4, 0.5) is 0 Å². The first-order chi connectivity index (χ1) is 11.4. The molecule has 3 atom stereocenters. The lowest BCUT2D eigenvalue weighted by Gasteiger charge is -2.28. The number of rotatable bonds is 3. The summed E-state index contributed by atoms with van der Waals surface area (Å²) in [6, 6.07) is 0. The van der Waals surface area contributed by atoms with Crippen molar-refractivity contribution in [2.75, 3.05) is 6.61 Å². The van der Waals surface area contributed by atoms with E-state index < -0.39 is 0 Å². The molecular weight excluding hydrogens is 300 g/mol. The van der Waals surface area contributed by atoms with Crippen LogP contribution in [0.3, 0.4) is 0 Å². The fourth-order valence-electron chi connectivity index (χ4n) is 3.79. The molecule has 0 aromatic heterocycles. The fourth-order valence-corrected chi connectivity index (χ4v) is 3.79. The Kier molecular flexibility index (Phi) is 7.09. The van der Waals surface area contributed by atoms with Gasteiger partial charge in [-0.2, -0.15) is 0 Å². The number of ether oxygens (including phenoxy) is 2. The third-order valence-corrected chi connectivity index (χ3v) is 5.55. The van der Waals surface area contributed by atoms with E-state index in [0.717, 1.165) is 38.5 Å². The highest BCUT2D eigenvalue weighted by Gasteiger charge is 2.50. The first-order valence-corrected chi connectivity index (χ1v) is 9.51. The van der Waals surface area contributed by atoms with Gasteiger partial charge in [0.1, 0.15) is 0 Å². The van der Waals surface area contributed by atoms with Gasteiger partial charge in [0.05, 0.1) is 18.8 Å². The SMILES string of the molecule is CC(=O)OCC[C@]1(C)CC/C=C(\C)CC/C=C(\C)CCC[C@H]2O[C@@H]21. The van der Waals surface area contributed by atoms with Crippen LogP contribution in [0.25, 0.3) is 0 Å². The molecule has 3 nitrogen and oxygen atoms in total. The molecule has 0 amide bonds. The Morgan fingerprint density at radius 3 is 2.71 bits per heavy atom. The van der Waals surface area contributed by atoms with E-state index in [1.54, 1.807) is 0 Å². The summed E-state index contributed by atoms with van der Waals surface area (Å²) in [4.78, 5) is 11.1. The minimum Gasteiger partial charge on any atom is -0.466 e. The van der Waals surface area contributed by atoms with Crippen molar-refractivity contribution in [1.82, 2.24) is 0 Å². The lowest BCUT2D eigenvalue weighted by atomic mass is 9.77. The van der Waals surface area contributed by atoms with E-state index in [-0.39, 0.29) is 11.4 Å². The molecule has 1 heterocycles. The van der Waals surface area contributed by atoms with Crippen molar-refractivity contribution in [3.05, 3.63) is 23.3 Å². The summed E-state index contributed by atoms with van der Waals surface area (Å²) in [5.74, 6) is -0.189. The van der Waals surface area contributed by atoms with Gasteiger partial charge < -0.3 is 9.47 Å². The smallest absolute Gasteiger partial charge is 0.302 e. The molecule has 3 heteroatoms. The van der Waals surface area contributed by atoms with Gasteiger partial charge in [0.2, 0.25) is 0 Å². The quantitative estimate of drug-likeness (QED) is 0.397. The highest BCUT2D eigenvalue weighted by molar-refractivity contribution is 5.65. The monoisotopic (exact) mass is 334 g/mol. The molecular formula is C21H34O3. The van der Waals surface area contributed by atoms with Gasteiger partial charge in [-0.3, -0.25) is 4.79 Å². The zero-order chi connectivity index (χ0) is 17.6. The van der Waals surface area contributed by atoms with Gasteiger partial charge in [-0.25, -0.2) is 0 Å². The van der Waals surface area contributed by atoms with Crippen molar-refractivity contribution in [2.24, 2.45) is 5.41 Å². The lowest BCUT2D eigenvalue weighted by molar-refractivity contribution is -0.141. The molecule has 2 aliphatic rings. The van der Waals surface area contributed by atoms with Crippen LogP contribution >= 0.6 is 0 Å². The molecule has 0 spiro atoms. The number of carbonyl (C=O) groups excluding carboxylic acids is 1. The van der Waals surface area contributed by atoms with Crippen LogP contribution in [0.5, 0.6) is 0 Å². The van der Waals surface area contributed by atoms with Gasteiger partial charge in [0.15, 0.2) is 0 Å². The van der Waals surface area contributed by atoms with Gasteiger partial charge in [0.25, 0.3) is 0 Å². The molecule has 0 aromatic carbocycles. The second-order valence-corrected chi connectivity index (χ2v) is 7.91. The third kappa shape index (κ3) is 6.08. The Bertz CT molecular complexity index is 491. The van der Waals surface area contributed by atoms with E-state index in [1.165, 1.54) is 30.9 Å². The van der Waals surface area contributed by atoms with E-state index in [2.05, 4.69) is 32.9 Å². The Morgan fingerprint density at radius 2 is 1.96 bits per heavy atom. The standard InChI is InChI=1S/C21H34O3/c1-16-8-5-9-17(2)11-7-13-21(4,14-15-23-18(3)22)20-19(24-20)12-6-10-16/h8,11,19-20H,5-7,9-10,12-15H2,1-4H3/b16-8+,17-11+/t19-,20+,21+/m1/s1. The average Bonchev–Trinajstić information content (AvgIpc) is 3.26. The molecule has 1 fully saturated rings. The summed E-state index contributed by atoms with van der Waals surface area (Å²) >= 11 is 0. The van der Waals surface area contributed by atoms with E-state index >= 15 is 0 Å². The van der Waals surface area contributed by atoms with Gasteiger partial charge in [-0.05, 0) is 70.6 Å². The maximum Gasteiger partial charge on any atom is 0.302 e. The van der Waals surface area contributed by atoms with Crippen molar-refractivity contribution in [3.8, 4) is 0 Å². The van der Waals surface area contributed by atoms with E-state index in [0.29, 0.717) is 18.8 Å². The third-order valence-electron chi connectivity index (χ3n) is 5.55. The van der Waals surface area contributed by atoms with Gasteiger partial charge in [0, 0.05) is 6.92 Å².